The van der Waals surface area contributed by atoms with Crippen molar-refractivity contribution in [2.24, 2.45) is 0 Å². The van der Waals surface area contributed by atoms with Crippen LogP contribution in [-0.2, 0) is 4.79 Å². The molecule has 1 amide bonds. The minimum atomic E-state index is -0.835. The molecule has 0 heterocycles. The maximum atomic E-state index is 12.2. The van der Waals surface area contributed by atoms with Crippen molar-refractivity contribution in [1.82, 2.24) is 5.32 Å². The monoisotopic (exact) mass is 493 g/mol. The van der Waals surface area contributed by atoms with Crippen LogP contribution in [0.25, 0.3) is 0 Å². The van der Waals surface area contributed by atoms with E-state index in [4.69, 9.17) is 0 Å². The molecule has 0 spiro atoms. The molecule has 0 unspecified atom stereocenters. The molecule has 0 rings (SSSR count). The summed E-state index contributed by atoms with van der Waals surface area (Å²) in [5.41, 5.74) is 0. The van der Waals surface area contributed by atoms with Crippen LogP contribution in [0.2, 0.25) is 0 Å². The van der Waals surface area contributed by atoms with Crippen LogP contribution in [0.5, 0.6) is 0 Å². The van der Waals surface area contributed by atoms with Gasteiger partial charge in [0.15, 0.2) is 0 Å². The van der Waals surface area contributed by atoms with Crippen LogP contribution in [0.1, 0.15) is 149 Å². The normalized spacial score (nSPS) is 13.6. The molecule has 0 radical (unpaired) electrons. The maximum absolute atomic E-state index is 12.2. The van der Waals surface area contributed by atoms with E-state index in [9.17, 15) is 15.0 Å². The molecular formula is C31H59NO3. The fraction of sp³-hybridized carbons (Fsp3) is 0.839. The number of aliphatic hydroxyl groups excluding tert-OH is 2. The Morgan fingerprint density at radius 2 is 1.09 bits per heavy atom. The Labute approximate surface area is 218 Å². The lowest BCUT2D eigenvalue weighted by atomic mass is 10.1. The van der Waals surface area contributed by atoms with E-state index in [1.165, 1.54) is 89.9 Å². The van der Waals surface area contributed by atoms with E-state index in [1.54, 1.807) is 6.08 Å². The van der Waals surface area contributed by atoms with Gasteiger partial charge in [0.1, 0.15) is 0 Å². The maximum Gasteiger partial charge on any atom is 0.220 e. The van der Waals surface area contributed by atoms with Crippen LogP contribution < -0.4 is 5.32 Å². The second kappa shape index (κ2) is 27.5. The summed E-state index contributed by atoms with van der Waals surface area (Å²) in [6.45, 7) is 4.24. The molecule has 0 aromatic rings. The Kier molecular flexibility index (Phi) is 26.6. The lowest BCUT2D eigenvalue weighted by molar-refractivity contribution is -0.123. The molecule has 0 aromatic heterocycles. The zero-order chi connectivity index (χ0) is 25.8. The van der Waals surface area contributed by atoms with Gasteiger partial charge in [-0.1, -0.05) is 122 Å². The van der Waals surface area contributed by atoms with Gasteiger partial charge in [-0.3, -0.25) is 4.79 Å². The first-order chi connectivity index (χ1) is 17.2. The summed E-state index contributed by atoms with van der Waals surface area (Å²) in [4.78, 5) is 12.2. The first kappa shape index (κ1) is 33.9. The molecule has 0 aliphatic carbocycles. The molecule has 0 aliphatic heterocycles. The molecule has 4 heteroatoms. The zero-order valence-electron chi connectivity index (χ0n) is 23.3. The van der Waals surface area contributed by atoms with Gasteiger partial charge in [-0.05, 0) is 44.9 Å². The molecule has 0 saturated heterocycles. The van der Waals surface area contributed by atoms with E-state index in [0.29, 0.717) is 6.42 Å². The number of nitrogens with one attached hydrogen (secondary N) is 1. The predicted octanol–water partition coefficient (Wildman–Crippen LogP) is 8.17. The summed E-state index contributed by atoms with van der Waals surface area (Å²) in [5, 5.41) is 22.7. The van der Waals surface area contributed by atoms with Crippen LogP contribution in [0.15, 0.2) is 24.3 Å². The smallest absolute Gasteiger partial charge is 0.220 e. The third-order valence-corrected chi connectivity index (χ3v) is 6.68. The summed E-state index contributed by atoms with van der Waals surface area (Å²) in [5.74, 6) is -0.0782. The average Bonchev–Trinajstić information content (AvgIpc) is 2.86. The van der Waals surface area contributed by atoms with E-state index in [1.807, 2.05) is 6.08 Å². The van der Waals surface area contributed by atoms with Crippen molar-refractivity contribution < 1.29 is 15.0 Å². The molecule has 0 aromatic carbocycles. The van der Waals surface area contributed by atoms with Gasteiger partial charge in [0.2, 0.25) is 5.91 Å². The van der Waals surface area contributed by atoms with Gasteiger partial charge in [0, 0.05) is 6.42 Å². The fourth-order valence-electron chi connectivity index (χ4n) is 4.29. The summed E-state index contributed by atoms with van der Waals surface area (Å²) in [7, 11) is 0. The summed E-state index contributed by atoms with van der Waals surface area (Å²) in [6, 6.07) is -0.619. The van der Waals surface area contributed by atoms with Gasteiger partial charge in [-0.15, -0.1) is 0 Å². The topological polar surface area (TPSA) is 69.6 Å². The van der Waals surface area contributed by atoms with Gasteiger partial charge < -0.3 is 15.5 Å². The number of allylic oxidation sites excluding steroid dienone is 3. The van der Waals surface area contributed by atoms with Gasteiger partial charge in [-0.25, -0.2) is 0 Å². The quantitative estimate of drug-likeness (QED) is 0.0840. The molecule has 0 aliphatic rings. The van der Waals surface area contributed by atoms with E-state index in [0.717, 1.165) is 38.5 Å². The number of unbranched alkanes of at least 4 members (excludes halogenated alkanes) is 17. The molecule has 4 nitrogen and oxygen atoms in total. The number of carbonyl (C=O) groups is 1. The van der Waals surface area contributed by atoms with Crippen molar-refractivity contribution in [2.75, 3.05) is 6.61 Å². The standard InChI is InChI=1S/C31H59NO3/c1-3-5-7-9-11-13-15-16-17-19-21-23-25-27-31(35)32-29(28-33)30(34)26-24-22-20-18-14-12-10-8-6-4-2/h13,15,24,26,29-30,33-34H,3-12,14,16-23,25,27-28H2,1-2H3,(H,32,35)/b15-13+,26-24+/t29-,30+/m0/s1. The molecule has 35 heavy (non-hydrogen) atoms. The Morgan fingerprint density at radius 1 is 0.657 bits per heavy atom. The molecule has 0 saturated carbocycles. The van der Waals surface area contributed by atoms with Gasteiger partial charge in [-0.2, -0.15) is 0 Å². The van der Waals surface area contributed by atoms with Crippen LogP contribution in [0, 0.1) is 0 Å². The largest absolute Gasteiger partial charge is 0.394 e. The number of carbonyl (C=O) groups excluding carboxylic acids is 1. The minimum Gasteiger partial charge on any atom is -0.394 e. The van der Waals surface area contributed by atoms with Crippen molar-refractivity contribution in [2.45, 2.75) is 161 Å². The third kappa shape index (κ3) is 24.3. The molecule has 206 valence electrons. The lowest BCUT2D eigenvalue weighted by Crippen LogP contribution is -2.45. The van der Waals surface area contributed by atoms with Crippen LogP contribution in [-0.4, -0.2) is 34.9 Å². The Balaban J connectivity index is 3.71. The highest BCUT2D eigenvalue weighted by Gasteiger charge is 2.17. The lowest BCUT2D eigenvalue weighted by Gasteiger charge is -2.20. The number of hydrogen-bond donors (Lipinski definition) is 3. The minimum absolute atomic E-state index is 0.0782. The second-order valence-corrected chi connectivity index (χ2v) is 10.2. The molecule has 0 fully saturated rings. The van der Waals surface area contributed by atoms with Crippen molar-refractivity contribution in [3.8, 4) is 0 Å². The first-order valence-electron chi connectivity index (χ1n) is 15.1. The molecule has 0 bridgehead atoms. The van der Waals surface area contributed by atoms with Crippen LogP contribution in [0.3, 0.4) is 0 Å². The SMILES string of the molecule is CCCCCC/C=C/CCCCCCCC(=O)N[C@@H](CO)[C@H](O)/C=C/CCCCCCCCCC. The van der Waals surface area contributed by atoms with Gasteiger partial charge in [0.25, 0.3) is 0 Å². The average molecular weight is 494 g/mol. The Bertz CT molecular complexity index is 503. The van der Waals surface area contributed by atoms with Crippen molar-refractivity contribution in [3.63, 3.8) is 0 Å². The fourth-order valence-corrected chi connectivity index (χ4v) is 4.29. The highest BCUT2D eigenvalue weighted by molar-refractivity contribution is 5.76. The van der Waals surface area contributed by atoms with Crippen LogP contribution >= 0.6 is 0 Å². The van der Waals surface area contributed by atoms with Crippen molar-refractivity contribution >= 4 is 5.91 Å². The first-order valence-corrected chi connectivity index (χ1v) is 15.1. The van der Waals surface area contributed by atoms with Crippen molar-refractivity contribution in [3.05, 3.63) is 24.3 Å². The van der Waals surface area contributed by atoms with Gasteiger partial charge >= 0.3 is 0 Å². The summed E-state index contributed by atoms with van der Waals surface area (Å²) in [6.07, 6.45) is 32.4. The number of hydrogen-bond acceptors (Lipinski definition) is 3. The van der Waals surface area contributed by atoms with Crippen molar-refractivity contribution in [1.29, 1.82) is 0 Å². The number of aliphatic hydroxyl groups is 2. The highest BCUT2D eigenvalue weighted by atomic mass is 16.3. The molecular weight excluding hydrogens is 434 g/mol. The van der Waals surface area contributed by atoms with E-state index < -0.39 is 12.1 Å². The Hall–Kier alpha value is -1.13. The summed E-state index contributed by atoms with van der Waals surface area (Å²) >= 11 is 0. The van der Waals surface area contributed by atoms with E-state index >= 15 is 0 Å². The zero-order valence-corrected chi connectivity index (χ0v) is 23.3. The number of amides is 1. The third-order valence-electron chi connectivity index (χ3n) is 6.68. The van der Waals surface area contributed by atoms with Crippen LogP contribution in [0.4, 0.5) is 0 Å². The Morgan fingerprint density at radius 3 is 1.60 bits per heavy atom. The number of rotatable bonds is 26. The van der Waals surface area contributed by atoms with Gasteiger partial charge in [0.05, 0.1) is 18.8 Å². The molecule has 2 atom stereocenters. The van der Waals surface area contributed by atoms with E-state index in [2.05, 4.69) is 31.3 Å². The molecule has 3 N–H and O–H groups in total. The summed E-state index contributed by atoms with van der Waals surface area (Å²) < 4.78 is 0. The highest BCUT2D eigenvalue weighted by Crippen LogP contribution is 2.11. The predicted molar refractivity (Wildman–Crippen MR) is 152 cm³/mol. The second-order valence-electron chi connectivity index (χ2n) is 10.2. The van der Waals surface area contributed by atoms with E-state index in [-0.39, 0.29) is 12.5 Å².